The maximum absolute atomic E-state index is 11.6. The molecule has 1 unspecified atom stereocenters. The van der Waals surface area contributed by atoms with Crippen molar-refractivity contribution >= 4 is 29.0 Å². The number of carbonyl (C=O) groups is 1. The summed E-state index contributed by atoms with van der Waals surface area (Å²) in [4.78, 5) is 16.7. The topological polar surface area (TPSA) is 74.2 Å². The first-order valence-electron chi connectivity index (χ1n) is 6.41. The quantitative estimate of drug-likeness (QED) is 0.791. The fourth-order valence-electron chi connectivity index (χ4n) is 1.71. The number of carbonyl (C=O) groups excluding carboxylic acids is 1. The van der Waals surface area contributed by atoms with Gasteiger partial charge in [0.1, 0.15) is 0 Å². The minimum absolute atomic E-state index is 0.134. The Morgan fingerprint density at radius 1 is 1.38 bits per heavy atom. The van der Waals surface area contributed by atoms with Crippen molar-refractivity contribution in [2.75, 3.05) is 6.54 Å². The zero-order valence-corrected chi connectivity index (χ0v) is 13.0. The highest BCUT2D eigenvalue weighted by atomic mass is 35.5. The number of thiazole rings is 1. The van der Waals surface area contributed by atoms with E-state index in [9.17, 15) is 9.90 Å². The van der Waals surface area contributed by atoms with Crippen molar-refractivity contribution in [2.45, 2.75) is 19.6 Å². The summed E-state index contributed by atoms with van der Waals surface area (Å²) in [5.41, 5.74) is 0.706. The van der Waals surface area contributed by atoms with Crippen molar-refractivity contribution < 1.29 is 9.90 Å². The monoisotopic (exact) mass is 325 g/mol. The van der Waals surface area contributed by atoms with Gasteiger partial charge >= 0.3 is 6.03 Å². The van der Waals surface area contributed by atoms with Crippen LogP contribution in [0.5, 0.6) is 0 Å². The van der Waals surface area contributed by atoms with Crippen LogP contribution in [0, 0.1) is 6.92 Å². The summed E-state index contributed by atoms with van der Waals surface area (Å²) in [5.74, 6) is 0. The lowest BCUT2D eigenvalue weighted by molar-refractivity contribution is 0.173. The van der Waals surface area contributed by atoms with E-state index in [2.05, 4.69) is 15.6 Å². The van der Waals surface area contributed by atoms with Crippen molar-refractivity contribution in [1.82, 2.24) is 15.6 Å². The van der Waals surface area contributed by atoms with Crippen LogP contribution in [0.4, 0.5) is 4.79 Å². The highest BCUT2D eigenvalue weighted by Gasteiger charge is 2.09. The van der Waals surface area contributed by atoms with Gasteiger partial charge in [-0.3, -0.25) is 0 Å². The Hall–Kier alpha value is -1.63. The normalized spacial score (nSPS) is 12.0. The molecule has 2 rings (SSSR count). The van der Waals surface area contributed by atoms with Crippen LogP contribution in [0.1, 0.15) is 21.6 Å². The molecule has 0 radical (unpaired) electrons. The molecule has 0 aliphatic heterocycles. The van der Waals surface area contributed by atoms with E-state index in [1.54, 1.807) is 30.5 Å². The zero-order chi connectivity index (χ0) is 15.2. The third-order valence-corrected chi connectivity index (χ3v) is 3.97. The molecule has 3 N–H and O–H groups in total. The molecule has 0 fully saturated rings. The molecule has 0 bridgehead atoms. The van der Waals surface area contributed by atoms with E-state index in [-0.39, 0.29) is 12.6 Å². The van der Waals surface area contributed by atoms with Gasteiger partial charge < -0.3 is 15.7 Å². The molecule has 5 nitrogen and oxygen atoms in total. The summed E-state index contributed by atoms with van der Waals surface area (Å²) in [5, 5.41) is 16.9. The summed E-state index contributed by atoms with van der Waals surface area (Å²) in [7, 11) is 0. The zero-order valence-electron chi connectivity index (χ0n) is 11.5. The van der Waals surface area contributed by atoms with Gasteiger partial charge in [0.05, 0.1) is 17.7 Å². The maximum atomic E-state index is 11.6. The minimum Gasteiger partial charge on any atom is -0.387 e. The lowest BCUT2D eigenvalue weighted by Crippen LogP contribution is -2.37. The van der Waals surface area contributed by atoms with Gasteiger partial charge in [0, 0.05) is 22.6 Å². The summed E-state index contributed by atoms with van der Waals surface area (Å²) in [6.45, 7) is 2.47. The molecule has 21 heavy (non-hydrogen) atoms. The number of aliphatic hydroxyl groups is 1. The van der Waals surface area contributed by atoms with E-state index in [0.29, 0.717) is 17.1 Å². The molecule has 2 aromatic rings. The molecule has 0 aliphatic carbocycles. The molecule has 0 spiro atoms. The molecule has 1 aromatic carbocycles. The van der Waals surface area contributed by atoms with Crippen molar-refractivity contribution in [3.05, 3.63) is 50.9 Å². The van der Waals surface area contributed by atoms with E-state index in [1.165, 1.54) is 11.3 Å². The van der Waals surface area contributed by atoms with Crippen LogP contribution in [-0.4, -0.2) is 22.7 Å². The van der Waals surface area contributed by atoms with Crippen LogP contribution in [0.15, 0.2) is 30.5 Å². The average Bonchev–Trinajstić information content (AvgIpc) is 2.89. The number of aromatic nitrogens is 1. The van der Waals surface area contributed by atoms with E-state index in [4.69, 9.17) is 11.6 Å². The van der Waals surface area contributed by atoms with Crippen LogP contribution < -0.4 is 10.6 Å². The Bertz CT molecular complexity index is 601. The van der Waals surface area contributed by atoms with E-state index in [0.717, 1.165) is 9.88 Å². The van der Waals surface area contributed by atoms with Gasteiger partial charge in [-0.05, 0) is 24.6 Å². The van der Waals surface area contributed by atoms with Gasteiger partial charge in [-0.25, -0.2) is 9.78 Å². The Labute approximate surface area is 132 Å². The van der Waals surface area contributed by atoms with Gasteiger partial charge in [0.2, 0.25) is 0 Å². The van der Waals surface area contributed by atoms with Crippen molar-refractivity contribution in [2.24, 2.45) is 0 Å². The van der Waals surface area contributed by atoms with E-state index < -0.39 is 6.10 Å². The Kier molecular flexibility index (Phi) is 5.55. The number of rotatable bonds is 5. The van der Waals surface area contributed by atoms with E-state index in [1.807, 2.05) is 6.92 Å². The smallest absolute Gasteiger partial charge is 0.315 e. The second kappa shape index (κ2) is 7.40. The number of benzene rings is 1. The minimum atomic E-state index is -0.765. The maximum Gasteiger partial charge on any atom is 0.315 e. The first-order chi connectivity index (χ1) is 10.0. The SMILES string of the molecule is Cc1ncc(CNC(=O)NCC(O)c2ccc(Cl)cc2)s1. The molecule has 0 saturated heterocycles. The van der Waals surface area contributed by atoms with Crippen LogP contribution in [-0.2, 0) is 6.54 Å². The van der Waals surface area contributed by atoms with Crippen molar-refractivity contribution in [3.63, 3.8) is 0 Å². The number of aliphatic hydroxyl groups excluding tert-OH is 1. The molecule has 0 aliphatic rings. The third kappa shape index (κ3) is 5.00. The molecule has 0 saturated carbocycles. The standard InChI is InChI=1S/C14H16ClN3O2S/c1-9-16-6-12(21-9)7-17-14(20)18-8-13(19)10-2-4-11(15)5-3-10/h2-6,13,19H,7-8H2,1H3,(H2,17,18,20). The van der Waals surface area contributed by atoms with Gasteiger partial charge in [-0.1, -0.05) is 23.7 Å². The van der Waals surface area contributed by atoms with Crippen LogP contribution in [0.25, 0.3) is 0 Å². The molecular formula is C14H16ClN3O2S. The molecule has 112 valence electrons. The van der Waals surface area contributed by atoms with Crippen LogP contribution in [0.2, 0.25) is 5.02 Å². The first-order valence-corrected chi connectivity index (χ1v) is 7.60. The van der Waals surface area contributed by atoms with Gasteiger partial charge in [0.15, 0.2) is 0 Å². The molecule has 2 amide bonds. The Morgan fingerprint density at radius 3 is 2.71 bits per heavy atom. The van der Waals surface area contributed by atoms with Gasteiger partial charge in [-0.15, -0.1) is 11.3 Å². The van der Waals surface area contributed by atoms with Crippen LogP contribution in [0.3, 0.4) is 0 Å². The molecule has 1 heterocycles. The van der Waals surface area contributed by atoms with Gasteiger partial charge in [0.25, 0.3) is 0 Å². The highest BCUT2D eigenvalue weighted by molar-refractivity contribution is 7.11. The number of halogens is 1. The lowest BCUT2D eigenvalue weighted by Gasteiger charge is -2.12. The Balaban J connectivity index is 1.74. The fraction of sp³-hybridized carbons (Fsp3) is 0.286. The second-order valence-electron chi connectivity index (χ2n) is 4.48. The van der Waals surface area contributed by atoms with Crippen molar-refractivity contribution in [1.29, 1.82) is 0 Å². The number of nitrogens with one attached hydrogen (secondary N) is 2. The molecular weight excluding hydrogens is 310 g/mol. The summed E-state index contributed by atoms with van der Waals surface area (Å²) < 4.78 is 0. The number of hydrogen-bond acceptors (Lipinski definition) is 4. The van der Waals surface area contributed by atoms with E-state index >= 15 is 0 Å². The van der Waals surface area contributed by atoms with Gasteiger partial charge in [-0.2, -0.15) is 0 Å². The Morgan fingerprint density at radius 2 is 2.10 bits per heavy atom. The summed E-state index contributed by atoms with van der Waals surface area (Å²) in [6.07, 6.45) is 0.974. The second-order valence-corrected chi connectivity index (χ2v) is 6.23. The third-order valence-electron chi connectivity index (χ3n) is 2.80. The number of amides is 2. The largest absolute Gasteiger partial charge is 0.387 e. The summed E-state index contributed by atoms with van der Waals surface area (Å²) >= 11 is 7.32. The number of urea groups is 1. The predicted octanol–water partition coefficient (Wildman–Crippen LogP) is 2.64. The summed E-state index contributed by atoms with van der Waals surface area (Å²) in [6, 6.07) is 6.53. The van der Waals surface area contributed by atoms with Crippen molar-refractivity contribution in [3.8, 4) is 0 Å². The number of aryl methyl sites for hydroxylation is 1. The molecule has 1 atom stereocenters. The number of nitrogens with zero attached hydrogens (tertiary/aromatic N) is 1. The predicted molar refractivity (Wildman–Crippen MR) is 83.5 cm³/mol. The number of hydrogen-bond donors (Lipinski definition) is 3. The fourth-order valence-corrected chi connectivity index (χ4v) is 2.57. The average molecular weight is 326 g/mol. The molecule has 1 aromatic heterocycles. The first kappa shape index (κ1) is 15.8. The highest BCUT2D eigenvalue weighted by Crippen LogP contribution is 2.15. The van der Waals surface area contributed by atoms with Crippen LogP contribution >= 0.6 is 22.9 Å². The lowest BCUT2D eigenvalue weighted by atomic mass is 10.1. The molecule has 7 heteroatoms.